The Hall–Kier alpha value is -2.44. The molecule has 2 aromatic rings. The number of hydrogen-bond donors (Lipinski definition) is 1. The van der Waals surface area contributed by atoms with Crippen LogP contribution in [0.5, 0.6) is 0 Å². The average Bonchev–Trinajstić information content (AvgIpc) is 3.54. The molecule has 6 heteroatoms. The molecular weight excluding hydrogens is 484 g/mol. The maximum absolute atomic E-state index is 10.7. The van der Waals surface area contributed by atoms with Crippen molar-refractivity contribution in [2.75, 3.05) is 13.1 Å². The average molecular weight is 517 g/mol. The van der Waals surface area contributed by atoms with Gasteiger partial charge in [-0.3, -0.25) is 9.88 Å². The van der Waals surface area contributed by atoms with Gasteiger partial charge in [-0.2, -0.15) is 0 Å². The molecule has 5 nitrogen and oxygen atoms in total. The van der Waals surface area contributed by atoms with Crippen molar-refractivity contribution >= 4 is 17.2 Å². The second-order valence-electron chi connectivity index (χ2n) is 12.0. The summed E-state index contributed by atoms with van der Waals surface area (Å²) in [6, 6.07) is 12.3. The fourth-order valence-corrected chi connectivity index (χ4v) is 7.39. The molecule has 192 valence electrons. The van der Waals surface area contributed by atoms with Gasteiger partial charge >= 0.3 is 0 Å². The monoisotopic (exact) mass is 516 g/mol. The number of hydrogen-bond acceptors (Lipinski definition) is 5. The number of likely N-dealkylation sites (tertiary alicyclic amines) is 1. The number of ether oxygens (including phenoxy) is 2. The molecule has 1 spiro atoms. The van der Waals surface area contributed by atoms with Crippen molar-refractivity contribution in [3.63, 3.8) is 0 Å². The number of aromatic nitrogens is 1. The highest BCUT2D eigenvalue weighted by Crippen LogP contribution is 2.80. The van der Waals surface area contributed by atoms with Crippen LogP contribution < -0.4 is 0 Å². The van der Waals surface area contributed by atoms with Crippen LogP contribution in [0, 0.1) is 5.92 Å². The third-order valence-electron chi connectivity index (χ3n) is 9.57. The Labute approximate surface area is 223 Å². The number of aliphatic hydroxyl groups is 1. The van der Waals surface area contributed by atoms with Gasteiger partial charge in [-0.25, -0.2) is 0 Å². The predicted octanol–water partition coefficient (Wildman–Crippen LogP) is 5.78. The number of benzene rings is 1. The van der Waals surface area contributed by atoms with E-state index >= 15 is 0 Å². The minimum atomic E-state index is -0.796. The normalized spacial score (nSPS) is 34.8. The van der Waals surface area contributed by atoms with Crippen LogP contribution in [0.15, 0.2) is 72.2 Å². The van der Waals surface area contributed by atoms with E-state index < -0.39 is 5.60 Å². The Bertz CT molecular complexity index is 1370. The Morgan fingerprint density at radius 3 is 2.78 bits per heavy atom. The fraction of sp³-hybridized carbons (Fsp3) is 0.452. The minimum absolute atomic E-state index is 0.0357. The van der Waals surface area contributed by atoms with E-state index in [9.17, 15) is 5.11 Å². The Kier molecular flexibility index (Phi) is 4.98. The van der Waals surface area contributed by atoms with Gasteiger partial charge in [-0.1, -0.05) is 42.0 Å². The number of pyridine rings is 1. The molecule has 1 aromatic heterocycles. The summed E-state index contributed by atoms with van der Waals surface area (Å²) >= 11 is 6.11. The quantitative estimate of drug-likeness (QED) is 0.510. The second kappa shape index (κ2) is 7.79. The molecule has 0 radical (unpaired) electrons. The first kappa shape index (κ1) is 23.7. The predicted molar refractivity (Wildman–Crippen MR) is 144 cm³/mol. The molecule has 5 aliphatic rings. The molecular formula is C31H33ClN2O3. The van der Waals surface area contributed by atoms with E-state index in [-0.39, 0.29) is 22.7 Å². The molecule has 2 saturated heterocycles. The lowest BCUT2D eigenvalue weighted by Gasteiger charge is -2.64. The standard InChI is InChI=1S/C31H33ClN2O3/c1-28(2,35)21-10-13-27-25(16-21)23(24-6-4-14-33-26(24)17-36-27)7-5-15-34-19-31-29(34,3)18-30(31,37-31)20-8-11-22(32)12-9-20/h4,6-14,21,35H,5,15-19H2,1-3H3/b23-7+/t21?,29?,30-,31?/m0/s1. The summed E-state index contributed by atoms with van der Waals surface area (Å²) in [5.74, 6) is 0.936. The number of rotatable bonds is 5. The number of fused-ring (bicyclic) bond motifs is 1. The van der Waals surface area contributed by atoms with Crippen molar-refractivity contribution in [1.82, 2.24) is 9.88 Å². The summed E-state index contributed by atoms with van der Waals surface area (Å²) in [5.41, 5.74) is 4.85. The highest BCUT2D eigenvalue weighted by molar-refractivity contribution is 6.30. The first-order valence-corrected chi connectivity index (χ1v) is 13.7. The van der Waals surface area contributed by atoms with Crippen molar-refractivity contribution in [3.05, 3.63) is 94.0 Å². The molecule has 3 aliphatic heterocycles. The van der Waals surface area contributed by atoms with Crippen LogP contribution in [-0.2, 0) is 21.7 Å². The van der Waals surface area contributed by atoms with E-state index in [2.05, 4.69) is 47.2 Å². The van der Waals surface area contributed by atoms with Crippen molar-refractivity contribution < 1.29 is 14.6 Å². The summed E-state index contributed by atoms with van der Waals surface area (Å²) in [6.45, 7) is 8.52. The second-order valence-corrected chi connectivity index (χ2v) is 12.4. The van der Waals surface area contributed by atoms with Crippen LogP contribution in [0.1, 0.15) is 56.9 Å². The van der Waals surface area contributed by atoms with Crippen LogP contribution in [-0.4, -0.2) is 44.8 Å². The van der Waals surface area contributed by atoms with Crippen LogP contribution in [0.2, 0.25) is 5.02 Å². The van der Waals surface area contributed by atoms with Crippen LogP contribution in [0.3, 0.4) is 0 Å². The topological polar surface area (TPSA) is 58.1 Å². The van der Waals surface area contributed by atoms with Crippen molar-refractivity contribution in [1.29, 1.82) is 0 Å². The molecule has 4 atom stereocenters. The molecule has 37 heavy (non-hydrogen) atoms. The number of piperidine rings is 1. The number of nitrogens with zero attached hydrogens (tertiary/aromatic N) is 2. The van der Waals surface area contributed by atoms with Gasteiger partial charge in [-0.15, -0.1) is 0 Å². The van der Waals surface area contributed by atoms with Gasteiger partial charge in [0, 0.05) is 47.8 Å². The summed E-state index contributed by atoms with van der Waals surface area (Å²) in [4.78, 5) is 7.20. The molecule has 0 amide bonds. The zero-order valence-electron chi connectivity index (χ0n) is 21.6. The van der Waals surface area contributed by atoms with Crippen molar-refractivity contribution in [2.24, 2.45) is 5.92 Å². The minimum Gasteiger partial charge on any atom is -0.487 e. The van der Waals surface area contributed by atoms with Gasteiger partial charge in [0.15, 0.2) is 0 Å². The van der Waals surface area contributed by atoms with Gasteiger partial charge in [0.05, 0.1) is 16.8 Å². The smallest absolute Gasteiger partial charge is 0.133 e. The molecule has 2 aliphatic carbocycles. The fourth-order valence-electron chi connectivity index (χ4n) is 7.27. The molecule has 3 fully saturated rings. The molecule has 1 N–H and O–H groups in total. The maximum Gasteiger partial charge on any atom is 0.133 e. The lowest BCUT2D eigenvalue weighted by Crippen LogP contribution is -2.80. The molecule has 4 heterocycles. The number of halogens is 1. The van der Waals surface area contributed by atoms with E-state index in [4.69, 9.17) is 21.1 Å². The molecule has 7 rings (SSSR count). The summed E-state index contributed by atoms with van der Waals surface area (Å²) in [5, 5.41) is 11.5. The summed E-state index contributed by atoms with van der Waals surface area (Å²) < 4.78 is 12.7. The third-order valence-corrected chi connectivity index (χ3v) is 9.82. The zero-order valence-corrected chi connectivity index (χ0v) is 22.4. The first-order valence-electron chi connectivity index (χ1n) is 13.3. The molecule has 0 bridgehead atoms. The van der Waals surface area contributed by atoms with Crippen molar-refractivity contribution in [3.8, 4) is 0 Å². The first-order chi connectivity index (χ1) is 17.7. The zero-order chi connectivity index (χ0) is 25.6. The van der Waals surface area contributed by atoms with E-state index in [1.54, 1.807) is 0 Å². The summed E-state index contributed by atoms with van der Waals surface area (Å²) in [7, 11) is 0. The SMILES string of the molecule is CC(C)(O)C1C=CC2=C(C1)/C(=C/CCN1CC34O[C@]3(c3ccc(Cl)cc3)CC14C)c1cccnc1CO2. The molecule has 3 unspecified atom stereocenters. The largest absolute Gasteiger partial charge is 0.487 e. The van der Waals surface area contributed by atoms with Gasteiger partial charge < -0.3 is 14.6 Å². The lowest BCUT2D eigenvalue weighted by atomic mass is 9.51. The Morgan fingerprint density at radius 2 is 2.05 bits per heavy atom. The van der Waals surface area contributed by atoms with Crippen molar-refractivity contribution in [2.45, 2.75) is 69.0 Å². The highest BCUT2D eigenvalue weighted by Gasteiger charge is 2.94. The Morgan fingerprint density at radius 1 is 1.24 bits per heavy atom. The summed E-state index contributed by atoms with van der Waals surface area (Å²) in [6.07, 6.45) is 11.0. The number of allylic oxidation sites excluding steroid dienone is 3. The highest BCUT2D eigenvalue weighted by atomic mass is 35.5. The van der Waals surface area contributed by atoms with Gasteiger partial charge in [-0.05, 0) is 69.0 Å². The van der Waals surface area contributed by atoms with Crippen LogP contribution in [0.25, 0.3) is 5.57 Å². The maximum atomic E-state index is 10.7. The number of epoxide rings is 1. The van der Waals surface area contributed by atoms with E-state index in [1.165, 1.54) is 16.7 Å². The molecule has 1 aromatic carbocycles. The van der Waals surface area contributed by atoms with Gasteiger partial charge in [0.25, 0.3) is 0 Å². The van der Waals surface area contributed by atoms with Crippen LogP contribution in [0.4, 0.5) is 0 Å². The Balaban J connectivity index is 1.11. The van der Waals surface area contributed by atoms with E-state index in [0.29, 0.717) is 6.61 Å². The van der Waals surface area contributed by atoms with E-state index in [0.717, 1.165) is 54.4 Å². The lowest BCUT2D eigenvalue weighted by molar-refractivity contribution is -0.127. The van der Waals surface area contributed by atoms with Crippen LogP contribution >= 0.6 is 11.6 Å². The third kappa shape index (κ3) is 3.24. The van der Waals surface area contributed by atoms with E-state index in [1.807, 2.05) is 44.3 Å². The van der Waals surface area contributed by atoms with Gasteiger partial charge in [0.1, 0.15) is 23.6 Å². The molecule has 1 saturated carbocycles. The van der Waals surface area contributed by atoms with Gasteiger partial charge in [0.2, 0.25) is 0 Å².